The highest BCUT2D eigenvalue weighted by molar-refractivity contribution is 5.96. The third kappa shape index (κ3) is 3.31. The van der Waals surface area contributed by atoms with Crippen LogP contribution in [-0.2, 0) is 30.2 Å². The van der Waals surface area contributed by atoms with Crippen molar-refractivity contribution in [3.8, 4) is 22.5 Å². The molecule has 1 aromatic carbocycles. The first kappa shape index (κ1) is 21.7. The molecule has 6 rings (SSSR count). The molecule has 35 heavy (non-hydrogen) atoms. The van der Waals surface area contributed by atoms with Crippen LogP contribution in [0, 0.1) is 5.82 Å². The fourth-order valence-electron chi connectivity index (χ4n) is 5.15. The summed E-state index contributed by atoms with van der Waals surface area (Å²) in [5.74, 6) is 0.349. The Bertz CT molecular complexity index is 1530. The van der Waals surface area contributed by atoms with Gasteiger partial charge in [0.2, 0.25) is 5.91 Å². The first-order valence-corrected chi connectivity index (χ1v) is 11.6. The van der Waals surface area contributed by atoms with E-state index in [2.05, 4.69) is 10.2 Å². The number of likely N-dealkylation sites (N-methyl/N-ethyl adjacent to an activating group) is 1. The highest BCUT2D eigenvalue weighted by atomic mass is 19.1. The molecule has 0 N–H and O–H groups in total. The molecule has 4 aromatic rings. The molecule has 0 radical (unpaired) electrons. The van der Waals surface area contributed by atoms with E-state index < -0.39 is 6.04 Å². The minimum Gasteiger partial charge on any atom is -0.377 e. The molecule has 10 heteroatoms. The molecule has 1 unspecified atom stereocenters. The number of aryl methyl sites for hydroxylation is 2. The first-order chi connectivity index (χ1) is 16.8. The smallest absolute Gasteiger partial charge is 0.245 e. The zero-order chi connectivity index (χ0) is 24.4. The molecule has 0 aliphatic carbocycles. The minimum absolute atomic E-state index is 0.0115. The van der Waals surface area contributed by atoms with E-state index in [1.165, 1.54) is 6.07 Å². The average Bonchev–Trinajstić information content (AvgIpc) is 3.53. The number of aromatic nitrogens is 6. The number of carbonyl (C=O) groups is 1. The van der Waals surface area contributed by atoms with Crippen molar-refractivity contribution < 1.29 is 13.9 Å². The molecular formula is C25H26FN7O2. The number of hydrogen-bond donors (Lipinski definition) is 0. The molecule has 9 nitrogen and oxygen atoms in total. The molecule has 3 aromatic heterocycles. The van der Waals surface area contributed by atoms with Gasteiger partial charge in [-0.25, -0.2) is 9.37 Å². The Morgan fingerprint density at radius 3 is 2.71 bits per heavy atom. The van der Waals surface area contributed by atoms with Crippen molar-refractivity contribution in [2.45, 2.75) is 25.9 Å². The van der Waals surface area contributed by atoms with Crippen molar-refractivity contribution in [1.29, 1.82) is 0 Å². The van der Waals surface area contributed by atoms with Crippen molar-refractivity contribution in [3.63, 3.8) is 0 Å². The van der Waals surface area contributed by atoms with Crippen LogP contribution in [0.3, 0.4) is 0 Å². The molecule has 1 amide bonds. The number of rotatable bonds is 3. The van der Waals surface area contributed by atoms with E-state index in [4.69, 9.17) is 9.72 Å². The molecule has 1 atom stereocenters. The molecule has 0 saturated heterocycles. The molecule has 0 spiro atoms. The van der Waals surface area contributed by atoms with Gasteiger partial charge >= 0.3 is 0 Å². The van der Waals surface area contributed by atoms with E-state index in [0.29, 0.717) is 48.8 Å². The number of benzene rings is 1. The van der Waals surface area contributed by atoms with Gasteiger partial charge in [0, 0.05) is 49.9 Å². The van der Waals surface area contributed by atoms with E-state index in [9.17, 15) is 4.79 Å². The predicted molar refractivity (Wildman–Crippen MR) is 129 cm³/mol. The van der Waals surface area contributed by atoms with Gasteiger partial charge in [0.05, 0.1) is 42.9 Å². The van der Waals surface area contributed by atoms with Gasteiger partial charge in [-0.3, -0.25) is 14.2 Å². The number of halogens is 1. The fourth-order valence-corrected chi connectivity index (χ4v) is 5.15. The van der Waals surface area contributed by atoms with Gasteiger partial charge < -0.3 is 14.2 Å². The Balaban J connectivity index is 1.60. The zero-order valence-electron chi connectivity index (χ0n) is 20.1. The number of nitrogens with zero attached hydrogens (tertiary/aromatic N) is 7. The van der Waals surface area contributed by atoms with E-state index >= 15 is 4.39 Å². The second-order valence-corrected chi connectivity index (χ2v) is 9.25. The predicted octanol–water partition coefficient (Wildman–Crippen LogP) is 3.31. The summed E-state index contributed by atoms with van der Waals surface area (Å²) in [6.45, 7) is 3.32. The second-order valence-electron chi connectivity index (χ2n) is 9.25. The molecule has 5 heterocycles. The maximum atomic E-state index is 15.7. The molecule has 0 bridgehead atoms. The SMILES string of the molecule is CC1C(=O)N(C)Cc2c(-c3cc4c(-c5cnn(C)c5)nn(C)c4cc3F)nc(C3=CCOCC3)n21. The average molecular weight is 476 g/mol. The van der Waals surface area contributed by atoms with E-state index in [-0.39, 0.29) is 11.7 Å². The summed E-state index contributed by atoms with van der Waals surface area (Å²) in [7, 11) is 5.42. The molecular weight excluding hydrogens is 449 g/mol. The molecule has 2 aliphatic heterocycles. The Hall–Kier alpha value is -3.79. The van der Waals surface area contributed by atoms with Gasteiger partial charge in [-0.05, 0) is 25.0 Å². The lowest BCUT2D eigenvalue weighted by Gasteiger charge is -2.31. The summed E-state index contributed by atoms with van der Waals surface area (Å²) >= 11 is 0. The summed E-state index contributed by atoms with van der Waals surface area (Å²) in [6.07, 6.45) is 6.34. The highest BCUT2D eigenvalue weighted by Crippen LogP contribution is 2.39. The number of fused-ring (bicyclic) bond motifs is 2. The third-order valence-electron chi connectivity index (χ3n) is 6.94. The van der Waals surface area contributed by atoms with Crippen LogP contribution in [0.4, 0.5) is 4.39 Å². The summed E-state index contributed by atoms with van der Waals surface area (Å²) < 4.78 is 26.5. The van der Waals surface area contributed by atoms with Crippen LogP contribution >= 0.6 is 0 Å². The lowest BCUT2D eigenvalue weighted by molar-refractivity contribution is -0.135. The summed E-state index contributed by atoms with van der Waals surface area (Å²) in [4.78, 5) is 19.5. The van der Waals surface area contributed by atoms with Crippen LogP contribution in [0.15, 0.2) is 30.6 Å². The fraction of sp³-hybridized carbons (Fsp3) is 0.360. The molecule has 180 valence electrons. The van der Waals surface area contributed by atoms with Gasteiger partial charge in [-0.2, -0.15) is 10.2 Å². The Morgan fingerprint density at radius 1 is 1.17 bits per heavy atom. The largest absolute Gasteiger partial charge is 0.377 e. The quantitative estimate of drug-likeness (QED) is 0.454. The van der Waals surface area contributed by atoms with Crippen LogP contribution in [0.25, 0.3) is 39.0 Å². The summed E-state index contributed by atoms with van der Waals surface area (Å²) in [5, 5.41) is 9.73. The maximum absolute atomic E-state index is 15.7. The lowest BCUT2D eigenvalue weighted by Crippen LogP contribution is -2.39. The van der Waals surface area contributed by atoms with Crippen molar-refractivity contribution in [2.75, 3.05) is 20.3 Å². The Morgan fingerprint density at radius 2 is 2.00 bits per heavy atom. The standard InChI is InChI=1S/C25H26FN7O2/c1-14-25(34)30(2)13-21-23(28-24(33(14)21)15-5-7-35-8-6-15)17-9-18-20(10-19(17)26)32(4)29-22(18)16-11-27-31(3)12-16/h5,9-12,14H,6-8,13H2,1-4H3. The number of amides is 1. The number of carbonyl (C=O) groups excluding carboxylic acids is 1. The van der Waals surface area contributed by atoms with Gasteiger partial charge in [0.1, 0.15) is 23.4 Å². The topological polar surface area (TPSA) is 83.0 Å². The third-order valence-corrected chi connectivity index (χ3v) is 6.94. The van der Waals surface area contributed by atoms with Crippen LogP contribution < -0.4 is 0 Å². The van der Waals surface area contributed by atoms with Crippen LogP contribution in [-0.4, -0.2) is 60.2 Å². The van der Waals surface area contributed by atoms with E-state index in [1.54, 1.807) is 34.6 Å². The van der Waals surface area contributed by atoms with Crippen LogP contribution in [0.5, 0.6) is 0 Å². The van der Waals surface area contributed by atoms with Gasteiger partial charge in [-0.15, -0.1) is 0 Å². The summed E-state index contributed by atoms with van der Waals surface area (Å²) in [5.41, 5.74) is 5.07. The lowest BCUT2D eigenvalue weighted by atomic mass is 10.0. The highest BCUT2D eigenvalue weighted by Gasteiger charge is 2.35. The Labute approximate surface area is 201 Å². The normalized spacial score (nSPS) is 18.3. The van der Waals surface area contributed by atoms with Crippen molar-refractivity contribution >= 4 is 22.4 Å². The monoisotopic (exact) mass is 475 g/mol. The van der Waals surface area contributed by atoms with Crippen molar-refractivity contribution in [1.82, 2.24) is 34.0 Å². The van der Waals surface area contributed by atoms with Gasteiger partial charge in [0.25, 0.3) is 0 Å². The minimum atomic E-state index is -0.431. The van der Waals surface area contributed by atoms with E-state index in [1.807, 2.05) is 36.9 Å². The van der Waals surface area contributed by atoms with Gasteiger partial charge in [-0.1, -0.05) is 6.08 Å². The number of ether oxygens (including phenoxy) is 1. The van der Waals surface area contributed by atoms with Gasteiger partial charge in [0.15, 0.2) is 0 Å². The van der Waals surface area contributed by atoms with Crippen molar-refractivity contribution in [2.24, 2.45) is 14.1 Å². The van der Waals surface area contributed by atoms with E-state index in [0.717, 1.165) is 27.9 Å². The first-order valence-electron chi connectivity index (χ1n) is 11.6. The number of imidazole rings is 1. The molecule has 0 saturated carbocycles. The zero-order valence-corrected chi connectivity index (χ0v) is 20.1. The van der Waals surface area contributed by atoms with Crippen LogP contribution in [0.2, 0.25) is 0 Å². The molecule has 2 aliphatic rings. The molecule has 0 fully saturated rings. The van der Waals surface area contributed by atoms with Crippen LogP contribution in [0.1, 0.15) is 30.9 Å². The van der Waals surface area contributed by atoms with Crippen molar-refractivity contribution in [3.05, 3.63) is 47.9 Å². The summed E-state index contributed by atoms with van der Waals surface area (Å²) in [6, 6.07) is 2.91. The Kier molecular flexibility index (Phi) is 4.89. The maximum Gasteiger partial charge on any atom is 0.245 e. The second kappa shape index (κ2) is 7.88. The number of hydrogen-bond acceptors (Lipinski definition) is 5.